The standard InChI is InChI=1S/C21H16FN3O3S/c1-25(29(26,27)18-12-6-15(22)7-13-18)16-8-10-17(11-9-16)28-21-14-23-19-4-2-3-5-20(19)24-21/h2-14H,1H3. The summed E-state index contributed by atoms with van der Waals surface area (Å²) in [4.78, 5) is 8.69. The van der Waals surface area contributed by atoms with E-state index in [2.05, 4.69) is 9.97 Å². The van der Waals surface area contributed by atoms with Gasteiger partial charge >= 0.3 is 0 Å². The van der Waals surface area contributed by atoms with Gasteiger partial charge in [0, 0.05) is 7.05 Å². The average Bonchev–Trinajstić information content (AvgIpc) is 2.74. The Bertz CT molecular complexity index is 1260. The predicted octanol–water partition coefficient (Wildman–Crippen LogP) is 4.39. The third-order valence-corrected chi connectivity index (χ3v) is 6.12. The Labute approximate surface area is 167 Å². The van der Waals surface area contributed by atoms with E-state index >= 15 is 0 Å². The molecule has 29 heavy (non-hydrogen) atoms. The highest BCUT2D eigenvalue weighted by atomic mass is 32.2. The fourth-order valence-corrected chi connectivity index (χ4v) is 3.93. The number of benzene rings is 3. The monoisotopic (exact) mass is 409 g/mol. The number of sulfonamides is 1. The summed E-state index contributed by atoms with van der Waals surface area (Å²) in [5.41, 5.74) is 1.92. The summed E-state index contributed by atoms with van der Waals surface area (Å²) in [7, 11) is -2.37. The van der Waals surface area contributed by atoms with E-state index < -0.39 is 15.8 Å². The lowest BCUT2D eigenvalue weighted by Crippen LogP contribution is -2.26. The molecule has 4 aromatic rings. The molecule has 0 saturated heterocycles. The van der Waals surface area contributed by atoms with Crippen molar-refractivity contribution in [3.05, 3.63) is 84.8 Å². The molecule has 0 fully saturated rings. The number of rotatable bonds is 5. The maximum atomic E-state index is 13.1. The van der Waals surface area contributed by atoms with Crippen LogP contribution in [0.1, 0.15) is 0 Å². The van der Waals surface area contributed by atoms with Gasteiger partial charge in [0.15, 0.2) is 0 Å². The summed E-state index contributed by atoms with van der Waals surface area (Å²) in [6, 6.07) is 18.7. The minimum absolute atomic E-state index is 0.00756. The van der Waals surface area contributed by atoms with Crippen LogP contribution in [0.4, 0.5) is 10.1 Å². The van der Waals surface area contributed by atoms with Crippen LogP contribution >= 0.6 is 0 Å². The Morgan fingerprint density at radius 2 is 1.55 bits per heavy atom. The lowest BCUT2D eigenvalue weighted by Gasteiger charge is -2.19. The van der Waals surface area contributed by atoms with Crippen molar-refractivity contribution in [3.8, 4) is 11.6 Å². The molecule has 0 aliphatic heterocycles. The topological polar surface area (TPSA) is 72.4 Å². The molecule has 0 radical (unpaired) electrons. The number of nitrogens with zero attached hydrogens (tertiary/aromatic N) is 3. The van der Waals surface area contributed by atoms with Gasteiger partial charge in [0.25, 0.3) is 10.0 Å². The van der Waals surface area contributed by atoms with E-state index in [1.807, 2.05) is 24.3 Å². The van der Waals surface area contributed by atoms with Crippen LogP contribution in [0.15, 0.2) is 83.9 Å². The highest BCUT2D eigenvalue weighted by Gasteiger charge is 2.21. The zero-order valence-corrected chi connectivity index (χ0v) is 16.2. The quantitative estimate of drug-likeness (QED) is 0.489. The van der Waals surface area contributed by atoms with Gasteiger partial charge in [-0.3, -0.25) is 4.31 Å². The Balaban J connectivity index is 1.54. The number of aromatic nitrogens is 2. The lowest BCUT2D eigenvalue weighted by atomic mass is 10.3. The SMILES string of the molecule is CN(c1ccc(Oc2cnc3ccccc3n2)cc1)S(=O)(=O)c1ccc(F)cc1. The minimum atomic E-state index is -3.80. The lowest BCUT2D eigenvalue weighted by molar-refractivity contribution is 0.463. The highest BCUT2D eigenvalue weighted by molar-refractivity contribution is 7.92. The Kier molecular flexibility index (Phi) is 4.85. The number of hydrogen-bond donors (Lipinski definition) is 0. The average molecular weight is 409 g/mol. The van der Waals surface area contributed by atoms with Crippen molar-refractivity contribution in [1.82, 2.24) is 9.97 Å². The van der Waals surface area contributed by atoms with Crippen molar-refractivity contribution in [1.29, 1.82) is 0 Å². The summed E-state index contributed by atoms with van der Waals surface area (Å²) in [5.74, 6) is 0.333. The largest absolute Gasteiger partial charge is 0.437 e. The van der Waals surface area contributed by atoms with Crippen LogP contribution in [0.25, 0.3) is 11.0 Å². The molecule has 0 aliphatic carbocycles. The van der Waals surface area contributed by atoms with Gasteiger partial charge in [-0.1, -0.05) is 12.1 Å². The molecule has 8 heteroatoms. The van der Waals surface area contributed by atoms with E-state index in [1.54, 1.807) is 24.3 Å². The van der Waals surface area contributed by atoms with Gasteiger partial charge in [0.05, 0.1) is 27.8 Å². The van der Waals surface area contributed by atoms with Gasteiger partial charge in [-0.05, 0) is 60.7 Å². The number of para-hydroxylation sites is 2. The predicted molar refractivity (Wildman–Crippen MR) is 108 cm³/mol. The van der Waals surface area contributed by atoms with Crippen LogP contribution in [0.3, 0.4) is 0 Å². The Morgan fingerprint density at radius 1 is 0.897 bits per heavy atom. The fraction of sp³-hybridized carbons (Fsp3) is 0.0476. The molecular weight excluding hydrogens is 393 g/mol. The fourth-order valence-electron chi connectivity index (χ4n) is 2.74. The second-order valence-electron chi connectivity index (χ2n) is 6.22. The van der Waals surface area contributed by atoms with Crippen LogP contribution in [0, 0.1) is 5.82 Å². The number of ether oxygens (including phenoxy) is 1. The molecule has 0 bridgehead atoms. The maximum Gasteiger partial charge on any atom is 0.264 e. The van der Waals surface area contributed by atoms with Crippen LogP contribution in [0.5, 0.6) is 11.6 Å². The van der Waals surface area contributed by atoms with Crippen molar-refractivity contribution >= 4 is 26.7 Å². The van der Waals surface area contributed by atoms with Crippen molar-refractivity contribution in [2.24, 2.45) is 0 Å². The first kappa shape index (κ1) is 18.8. The molecule has 1 aromatic heterocycles. The second-order valence-corrected chi connectivity index (χ2v) is 8.19. The molecule has 0 atom stereocenters. The second kappa shape index (κ2) is 7.48. The molecule has 146 valence electrons. The first-order valence-corrected chi connectivity index (χ1v) is 10.1. The smallest absolute Gasteiger partial charge is 0.264 e. The molecule has 0 unspecified atom stereocenters. The summed E-state index contributed by atoms with van der Waals surface area (Å²) < 4.78 is 45.3. The number of hydrogen-bond acceptors (Lipinski definition) is 5. The summed E-state index contributed by atoms with van der Waals surface area (Å²) in [6.45, 7) is 0. The van der Waals surface area contributed by atoms with Crippen molar-refractivity contribution in [2.45, 2.75) is 4.90 Å². The van der Waals surface area contributed by atoms with E-state index in [-0.39, 0.29) is 4.90 Å². The molecule has 0 spiro atoms. The van der Waals surface area contributed by atoms with Crippen molar-refractivity contribution < 1.29 is 17.5 Å². The van der Waals surface area contributed by atoms with Crippen LogP contribution in [-0.2, 0) is 10.0 Å². The van der Waals surface area contributed by atoms with Gasteiger partial charge < -0.3 is 4.74 Å². The molecule has 0 amide bonds. The van der Waals surface area contributed by atoms with E-state index in [0.717, 1.165) is 22.0 Å². The Morgan fingerprint density at radius 3 is 2.24 bits per heavy atom. The molecule has 0 saturated carbocycles. The number of halogens is 1. The normalized spacial score (nSPS) is 11.4. The summed E-state index contributed by atoms with van der Waals surface area (Å²) >= 11 is 0. The molecule has 0 aliphatic rings. The molecule has 1 heterocycles. The highest BCUT2D eigenvalue weighted by Crippen LogP contribution is 2.26. The van der Waals surface area contributed by atoms with Gasteiger partial charge in [-0.25, -0.2) is 22.8 Å². The first-order chi connectivity index (χ1) is 13.9. The van der Waals surface area contributed by atoms with E-state index in [4.69, 9.17) is 4.74 Å². The number of fused-ring (bicyclic) bond motifs is 1. The van der Waals surface area contributed by atoms with E-state index in [1.165, 1.54) is 25.4 Å². The third kappa shape index (κ3) is 3.88. The maximum absolute atomic E-state index is 13.1. The zero-order chi connectivity index (χ0) is 20.4. The zero-order valence-electron chi connectivity index (χ0n) is 15.4. The third-order valence-electron chi connectivity index (χ3n) is 4.32. The molecule has 6 nitrogen and oxygen atoms in total. The van der Waals surface area contributed by atoms with Crippen molar-refractivity contribution in [3.63, 3.8) is 0 Å². The van der Waals surface area contributed by atoms with Crippen LogP contribution in [0.2, 0.25) is 0 Å². The van der Waals surface area contributed by atoms with Gasteiger partial charge in [0.1, 0.15) is 11.6 Å². The summed E-state index contributed by atoms with van der Waals surface area (Å²) in [5, 5.41) is 0. The van der Waals surface area contributed by atoms with Crippen LogP contribution in [-0.4, -0.2) is 25.4 Å². The van der Waals surface area contributed by atoms with Gasteiger partial charge in [-0.15, -0.1) is 0 Å². The first-order valence-electron chi connectivity index (χ1n) is 8.68. The van der Waals surface area contributed by atoms with Gasteiger partial charge in [-0.2, -0.15) is 0 Å². The molecule has 0 N–H and O–H groups in total. The minimum Gasteiger partial charge on any atom is -0.437 e. The van der Waals surface area contributed by atoms with Crippen LogP contribution < -0.4 is 9.04 Å². The van der Waals surface area contributed by atoms with Crippen molar-refractivity contribution in [2.75, 3.05) is 11.4 Å². The molecule has 3 aromatic carbocycles. The van der Waals surface area contributed by atoms with E-state index in [0.29, 0.717) is 22.8 Å². The molecule has 4 rings (SSSR count). The summed E-state index contributed by atoms with van der Waals surface area (Å²) in [6.07, 6.45) is 1.53. The Hall–Kier alpha value is -3.52. The number of anilines is 1. The van der Waals surface area contributed by atoms with Gasteiger partial charge in [0.2, 0.25) is 5.88 Å². The van der Waals surface area contributed by atoms with E-state index in [9.17, 15) is 12.8 Å². The molecular formula is C21H16FN3O3S.